The molecule has 0 radical (unpaired) electrons. The van der Waals surface area contributed by atoms with Crippen molar-refractivity contribution in [3.05, 3.63) is 0 Å². The van der Waals surface area contributed by atoms with E-state index in [0.717, 1.165) is 0 Å². The Hall–Kier alpha value is -0.0600. The molecule has 0 aromatic heterocycles. The minimum atomic E-state index is -5.43. The Bertz CT molecular complexity index is 182. The van der Waals surface area contributed by atoms with Gasteiger partial charge in [0.15, 0.2) is 0 Å². The van der Waals surface area contributed by atoms with Crippen LogP contribution in [0.4, 0.5) is 30.7 Å². The van der Waals surface area contributed by atoms with Crippen LogP contribution >= 0.6 is 9.24 Å². The first-order chi connectivity index (χ1) is 5.44. The molecule has 0 bridgehead atoms. The lowest BCUT2D eigenvalue weighted by Crippen LogP contribution is -2.55. The first kappa shape index (κ1) is 12.9. The molecule has 0 saturated carbocycles. The Morgan fingerprint density at radius 2 is 1.31 bits per heavy atom. The standard InChI is InChI=1S/C5H6F7P/c1-3(8,9)5(11,12)4(10,13)2(6)7/h2H,13H2,1H3. The van der Waals surface area contributed by atoms with Crippen LogP contribution in [0.25, 0.3) is 0 Å². The summed E-state index contributed by atoms with van der Waals surface area (Å²) in [6.07, 6.45) is -4.21. The van der Waals surface area contributed by atoms with Crippen LogP contribution in [-0.2, 0) is 0 Å². The molecule has 0 aliphatic rings. The van der Waals surface area contributed by atoms with E-state index in [-0.39, 0.29) is 6.92 Å². The molecule has 13 heavy (non-hydrogen) atoms. The van der Waals surface area contributed by atoms with Crippen molar-refractivity contribution in [3.63, 3.8) is 0 Å². The second-order valence-corrected chi connectivity index (χ2v) is 3.37. The van der Waals surface area contributed by atoms with Crippen molar-refractivity contribution in [2.75, 3.05) is 0 Å². The third-order valence-electron chi connectivity index (χ3n) is 1.35. The molecule has 0 fully saturated rings. The molecule has 0 saturated heterocycles. The number of hydrogen-bond donors (Lipinski definition) is 0. The second-order valence-electron chi connectivity index (χ2n) is 2.53. The van der Waals surface area contributed by atoms with E-state index < -0.39 is 23.7 Å². The van der Waals surface area contributed by atoms with E-state index in [2.05, 4.69) is 0 Å². The average molecular weight is 230 g/mol. The monoisotopic (exact) mass is 230 g/mol. The first-order valence-electron chi connectivity index (χ1n) is 2.96. The van der Waals surface area contributed by atoms with E-state index in [0.29, 0.717) is 9.24 Å². The molecule has 0 heterocycles. The zero-order valence-corrected chi connectivity index (χ0v) is 7.46. The zero-order chi connectivity index (χ0) is 11.1. The molecule has 0 aromatic rings. The van der Waals surface area contributed by atoms with Crippen LogP contribution in [-0.4, -0.2) is 23.7 Å². The number of halogens is 7. The van der Waals surface area contributed by atoms with Crippen LogP contribution in [0.2, 0.25) is 0 Å². The third kappa shape index (κ3) is 2.06. The zero-order valence-electron chi connectivity index (χ0n) is 6.30. The number of alkyl halides is 7. The summed E-state index contributed by atoms with van der Waals surface area (Å²) in [6.45, 7) is -0.326. The van der Waals surface area contributed by atoms with Crippen LogP contribution in [0.3, 0.4) is 0 Å². The van der Waals surface area contributed by atoms with Crippen molar-refractivity contribution in [2.24, 2.45) is 0 Å². The maximum atomic E-state index is 12.5. The highest BCUT2D eigenvalue weighted by molar-refractivity contribution is 7.18. The molecule has 0 aliphatic heterocycles. The van der Waals surface area contributed by atoms with Gasteiger partial charge in [-0.1, -0.05) is 9.24 Å². The Morgan fingerprint density at radius 3 is 1.38 bits per heavy atom. The molecule has 0 spiro atoms. The van der Waals surface area contributed by atoms with Crippen LogP contribution in [0.15, 0.2) is 0 Å². The smallest absolute Gasteiger partial charge is 0.226 e. The molecule has 80 valence electrons. The largest absolute Gasteiger partial charge is 0.351 e. The van der Waals surface area contributed by atoms with Gasteiger partial charge in [0.05, 0.1) is 0 Å². The van der Waals surface area contributed by atoms with Crippen LogP contribution in [0.5, 0.6) is 0 Å². The second kappa shape index (κ2) is 3.26. The van der Waals surface area contributed by atoms with Gasteiger partial charge in [0.2, 0.25) is 0 Å². The molecule has 8 heteroatoms. The minimum Gasteiger partial charge on any atom is -0.226 e. The highest BCUT2D eigenvalue weighted by atomic mass is 31.0. The van der Waals surface area contributed by atoms with Gasteiger partial charge in [0.25, 0.3) is 11.8 Å². The number of rotatable bonds is 3. The summed E-state index contributed by atoms with van der Waals surface area (Å²) in [5.41, 5.74) is 0. The quantitative estimate of drug-likeness (QED) is 0.516. The van der Waals surface area contributed by atoms with Crippen molar-refractivity contribution in [2.45, 2.75) is 30.6 Å². The molecule has 2 unspecified atom stereocenters. The average Bonchev–Trinajstić information content (AvgIpc) is 1.84. The van der Waals surface area contributed by atoms with Crippen molar-refractivity contribution in [3.8, 4) is 0 Å². The lowest BCUT2D eigenvalue weighted by Gasteiger charge is -2.32. The third-order valence-corrected chi connectivity index (χ3v) is 1.96. The molecule has 0 N–H and O–H groups in total. The van der Waals surface area contributed by atoms with Crippen molar-refractivity contribution in [1.29, 1.82) is 0 Å². The maximum Gasteiger partial charge on any atom is 0.351 e. The SMILES string of the molecule is CC(F)(F)C(F)(F)C(F)(P)C(F)F. The molecule has 0 aromatic carbocycles. The molecule has 0 amide bonds. The van der Waals surface area contributed by atoms with Crippen molar-refractivity contribution >= 4 is 9.24 Å². The van der Waals surface area contributed by atoms with Crippen LogP contribution in [0.1, 0.15) is 6.92 Å². The Balaban J connectivity index is 5.04. The predicted octanol–water partition coefficient (Wildman–Crippen LogP) is 3.08. The van der Waals surface area contributed by atoms with Gasteiger partial charge in [0, 0.05) is 6.92 Å². The summed E-state index contributed by atoms with van der Waals surface area (Å²) < 4.78 is 84.4. The van der Waals surface area contributed by atoms with E-state index in [9.17, 15) is 30.7 Å². The summed E-state index contributed by atoms with van der Waals surface area (Å²) in [6, 6.07) is 0. The highest BCUT2D eigenvalue weighted by Crippen LogP contribution is 2.50. The van der Waals surface area contributed by atoms with Gasteiger partial charge in [-0.2, -0.15) is 8.78 Å². The van der Waals surface area contributed by atoms with Gasteiger partial charge in [-0.3, -0.25) is 0 Å². The topological polar surface area (TPSA) is 0 Å². The minimum absolute atomic E-state index is 0.326. The summed E-state index contributed by atoms with van der Waals surface area (Å²) in [5.74, 6) is -10.3. The first-order valence-corrected chi connectivity index (χ1v) is 3.54. The van der Waals surface area contributed by atoms with E-state index in [1.807, 2.05) is 0 Å². The van der Waals surface area contributed by atoms with E-state index >= 15 is 0 Å². The van der Waals surface area contributed by atoms with Gasteiger partial charge in [-0.25, -0.2) is 22.0 Å². The molecule has 2 atom stereocenters. The highest BCUT2D eigenvalue weighted by Gasteiger charge is 2.69. The fourth-order valence-electron chi connectivity index (χ4n) is 0.473. The Labute approximate surface area is 71.7 Å². The normalized spacial score (nSPS) is 18.9. The van der Waals surface area contributed by atoms with Gasteiger partial charge in [-0.05, 0) is 0 Å². The van der Waals surface area contributed by atoms with Crippen molar-refractivity contribution < 1.29 is 30.7 Å². The fourth-order valence-corrected chi connectivity index (χ4v) is 0.727. The lowest BCUT2D eigenvalue weighted by molar-refractivity contribution is -0.261. The fraction of sp³-hybridized carbons (Fsp3) is 1.00. The van der Waals surface area contributed by atoms with E-state index in [1.165, 1.54) is 0 Å². The molecular weight excluding hydrogens is 224 g/mol. The molecule has 0 nitrogen and oxygen atoms in total. The van der Waals surface area contributed by atoms with Gasteiger partial charge >= 0.3 is 11.8 Å². The van der Waals surface area contributed by atoms with E-state index in [4.69, 9.17) is 0 Å². The van der Waals surface area contributed by atoms with Crippen molar-refractivity contribution in [1.82, 2.24) is 0 Å². The maximum absolute atomic E-state index is 12.5. The van der Waals surface area contributed by atoms with E-state index in [1.54, 1.807) is 0 Å². The Kier molecular flexibility index (Phi) is 3.24. The van der Waals surface area contributed by atoms with Gasteiger partial charge < -0.3 is 0 Å². The van der Waals surface area contributed by atoms with Crippen LogP contribution < -0.4 is 0 Å². The van der Waals surface area contributed by atoms with Gasteiger partial charge in [0.1, 0.15) is 0 Å². The lowest BCUT2D eigenvalue weighted by atomic mass is 10.1. The number of hydrogen-bond acceptors (Lipinski definition) is 0. The molecule has 0 aliphatic carbocycles. The summed E-state index contributed by atoms with van der Waals surface area (Å²) in [7, 11) is 0.417. The van der Waals surface area contributed by atoms with Gasteiger partial charge in [-0.15, -0.1) is 0 Å². The summed E-state index contributed by atoms with van der Waals surface area (Å²) in [5, 5.41) is -4.62. The molecule has 0 rings (SSSR count). The van der Waals surface area contributed by atoms with Crippen LogP contribution in [0, 0.1) is 0 Å². The Morgan fingerprint density at radius 1 is 1.00 bits per heavy atom. The predicted molar refractivity (Wildman–Crippen MR) is 35.1 cm³/mol. The summed E-state index contributed by atoms with van der Waals surface area (Å²) in [4.78, 5) is 0. The molecular formula is C5H6F7P. The summed E-state index contributed by atoms with van der Waals surface area (Å²) >= 11 is 0.